The van der Waals surface area contributed by atoms with Crippen molar-refractivity contribution in [2.45, 2.75) is 32.8 Å². The quantitative estimate of drug-likeness (QED) is 0.177. The van der Waals surface area contributed by atoms with Crippen LogP contribution >= 0.6 is 59.4 Å². The van der Waals surface area contributed by atoms with Crippen molar-refractivity contribution in [3.63, 3.8) is 0 Å². The number of fused-ring (bicyclic) bond motifs is 1. The van der Waals surface area contributed by atoms with E-state index in [4.69, 9.17) is 21.3 Å². The summed E-state index contributed by atoms with van der Waals surface area (Å²) >= 11 is 16.9. The first kappa shape index (κ1) is 26.1. The van der Waals surface area contributed by atoms with Gasteiger partial charge in [-0.05, 0) is 60.5 Å². The van der Waals surface area contributed by atoms with Crippen LogP contribution in [0.2, 0.25) is 5.02 Å². The van der Waals surface area contributed by atoms with Crippen LogP contribution in [0.25, 0.3) is 10.9 Å². The molecule has 1 heterocycles. The average Bonchev–Trinajstić information content (AvgIpc) is 2.83. The summed E-state index contributed by atoms with van der Waals surface area (Å²) < 4.78 is 10.1. The van der Waals surface area contributed by atoms with Gasteiger partial charge in [0.1, 0.15) is 18.2 Å². The number of unbranched alkanes of at least 4 members (excludes halogenated alkanes) is 1. The van der Waals surface area contributed by atoms with Crippen molar-refractivity contribution in [1.82, 2.24) is 9.66 Å². The Bertz CT molecular complexity index is 1470. The Balaban J connectivity index is 1.59. The molecular weight excluding hydrogens is 661 g/mol. The second-order valence-corrected chi connectivity index (χ2v) is 11.0. The third kappa shape index (κ3) is 6.42. The van der Waals surface area contributed by atoms with Gasteiger partial charge in [0, 0.05) is 25.4 Å². The van der Waals surface area contributed by atoms with Gasteiger partial charge < -0.3 is 4.74 Å². The summed E-state index contributed by atoms with van der Waals surface area (Å²) in [6.07, 6.45) is 4.18. The Morgan fingerprint density at radius 3 is 2.57 bits per heavy atom. The number of halogens is 4. The van der Waals surface area contributed by atoms with Gasteiger partial charge in [-0.25, -0.2) is 4.98 Å². The highest BCUT2D eigenvalue weighted by atomic mass is 79.9. The molecular formula is C26H21Br3ClN3O2. The SMILES string of the molecule is CCCCc1nc2ccc(Br)cc2c(=O)n1N=Cc1ccc(OCc2ccc(Br)cc2Br)c(Cl)c1. The minimum atomic E-state index is -0.204. The Labute approximate surface area is 233 Å². The highest BCUT2D eigenvalue weighted by molar-refractivity contribution is 9.11. The predicted octanol–water partition coefficient (Wildman–Crippen LogP) is 8.14. The average molecular weight is 683 g/mol. The zero-order valence-electron chi connectivity index (χ0n) is 18.8. The fraction of sp³-hybridized carbons (Fsp3) is 0.192. The molecule has 4 aromatic rings. The van der Waals surface area contributed by atoms with Gasteiger partial charge in [0.15, 0.2) is 0 Å². The molecule has 0 amide bonds. The minimum Gasteiger partial charge on any atom is -0.487 e. The second kappa shape index (κ2) is 11.8. The first-order valence-electron chi connectivity index (χ1n) is 11.0. The molecule has 4 rings (SSSR count). The minimum absolute atomic E-state index is 0.204. The number of aryl methyl sites for hydroxylation is 1. The summed E-state index contributed by atoms with van der Waals surface area (Å²) in [7, 11) is 0. The number of aromatic nitrogens is 2. The number of rotatable bonds is 8. The van der Waals surface area contributed by atoms with E-state index in [-0.39, 0.29) is 5.56 Å². The van der Waals surface area contributed by atoms with Gasteiger partial charge in [0.25, 0.3) is 5.56 Å². The van der Waals surface area contributed by atoms with E-state index in [1.807, 2.05) is 36.4 Å². The van der Waals surface area contributed by atoms with E-state index in [2.05, 4.69) is 59.8 Å². The topological polar surface area (TPSA) is 56.5 Å². The van der Waals surface area contributed by atoms with Crippen LogP contribution in [0.5, 0.6) is 5.75 Å². The lowest BCUT2D eigenvalue weighted by Crippen LogP contribution is -2.22. The van der Waals surface area contributed by atoms with Gasteiger partial charge in [-0.1, -0.05) is 78.8 Å². The van der Waals surface area contributed by atoms with E-state index in [0.717, 1.165) is 37.4 Å². The summed E-state index contributed by atoms with van der Waals surface area (Å²) in [5, 5.41) is 5.46. The molecule has 0 aliphatic carbocycles. The van der Waals surface area contributed by atoms with Crippen molar-refractivity contribution < 1.29 is 4.74 Å². The third-order valence-corrected chi connectivity index (χ3v) is 7.33. The van der Waals surface area contributed by atoms with Crippen LogP contribution in [-0.4, -0.2) is 15.9 Å². The molecule has 0 atom stereocenters. The zero-order valence-corrected chi connectivity index (χ0v) is 24.3. The first-order valence-corrected chi connectivity index (χ1v) is 13.7. The monoisotopic (exact) mass is 679 g/mol. The molecule has 0 bridgehead atoms. The van der Waals surface area contributed by atoms with Gasteiger partial charge >= 0.3 is 0 Å². The molecule has 35 heavy (non-hydrogen) atoms. The molecule has 180 valence electrons. The lowest BCUT2D eigenvalue weighted by atomic mass is 10.2. The molecule has 0 spiro atoms. The van der Waals surface area contributed by atoms with Gasteiger partial charge in [-0.3, -0.25) is 4.79 Å². The van der Waals surface area contributed by atoms with Crippen LogP contribution in [0.4, 0.5) is 0 Å². The fourth-order valence-electron chi connectivity index (χ4n) is 3.44. The molecule has 0 radical (unpaired) electrons. The van der Waals surface area contributed by atoms with Crippen LogP contribution in [0.1, 0.15) is 36.7 Å². The van der Waals surface area contributed by atoms with Crippen molar-refractivity contribution in [2.24, 2.45) is 5.10 Å². The molecule has 0 aliphatic heterocycles. The fourth-order valence-corrected chi connectivity index (χ4v) is 5.21. The summed E-state index contributed by atoms with van der Waals surface area (Å²) in [5.74, 6) is 1.20. The molecule has 0 fully saturated rings. The zero-order chi connectivity index (χ0) is 24.9. The largest absolute Gasteiger partial charge is 0.487 e. The van der Waals surface area contributed by atoms with Gasteiger partial charge in [0.2, 0.25) is 0 Å². The van der Waals surface area contributed by atoms with Crippen LogP contribution < -0.4 is 10.3 Å². The Morgan fingerprint density at radius 1 is 1.06 bits per heavy atom. The van der Waals surface area contributed by atoms with E-state index in [9.17, 15) is 4.79 Å². The standard InChI is InChI=1S/C26H21Br3ClN3O2/c1-2-3-4-25-32-23-9-8-18(27)12-20(23)26(34)33(25)31-14-16-5-10-24(22(30)11-16)35-15-17-6-7-19(28)13-21(17)29/h5-14H,2-4,15H2,1H3. The second-order valence-electron chi connectivity index (χ2n) is 7.87. The molecule has 0 unspecified atom stereocenters. The van der Waals surface area contributed by atoms with Crippen molar-refractivity contribution in [3.05, 3.63) is 100 Å². The Kier molecular flexibility index (Phi) is 8.81. The molecule has 0 saturated carbocycles. The van der Waals surface area contributed by atoms with Crippen LogP contribution in [0.15, 0.2) is 77.9 Å². The summed E-state index contributed by atoms with van der Waals surface area (Å²) in [5.41, 5.74) is 2.21. The number of nitrogens with zero attached hydrogens (tertiary/aromatic N) is 3. The van der Waals surface area contributed by atoms with E-state index in [0.29, 0.717) is 40.5 Å². The smallest absolute Gasteiger partial charge is 0.282 e. The molecule has 5 nitrogen and oxygen atoms in total. The highest BCUT2D eigenvalue weighted by Gasteiger charge is 2.11. The molecule has 0 aliphatic rings. The molecule has 0 N–H and O–H groups in total. The number of hydrogen-bond donors (Lipinski definition) is 0. The summed E-state index contributed by atoms with van der Waals surface area (Å²) in [6.45, 7) is 2.47. The van der Waals surface area contributed by atoms with E-state index >= 15 is 0 Å². The lowest BCUT2D eigenvalue weighted by molar-refractivity contribution is 0.305. The number of ether oxygens (including phenoxy) is 1. The predicted molar refractivity (Wildman–Crippen MR) is 153 cm³/mol. The van der Waals surface area contributed by atoms with E-state index < -0.39 is 0 Å². The highest BCUT2D eigenvalue weighted by Crippen LogP contribution is 2.28. The van der Waals surface area contributed by atoms with Gasteiger partial charge in [-0.15, -0.1) is 0 Å². The van der Waals surface area contributed by atoms with Crippen molar-refractivity contribution >= 4 is 76.5 Å². The molecule has 0 saturated heterocycles. The Hall–Kier alpha value is -2.00. The van der Waals surface area contributed by atoms with Crippen molar-refractivity contribution in [3.8, 4) is 5.75 Å². The maximum atomic E-state index is 13.2. The van der Waals surface area contributed by atoms with E-state index in [1.54, 1.807) is 24.4 Å². The van der Waals surface area contributed by atoms with Crippen molar-refractivity contribution in [1.29, 1.82) is 0 Å². The maximum Gasteiger partial charge on any atom is 0.282 e. The molecule has 3 aromatic carbocycles. The lowest BCUT2D eigenvalue weighted by Gasteiger charge is -2.11. The van der Waals surface area contributed by atoms with Crippen molar-refractivity contribution in [2.75, 3.05) is 0 Å². The van der Waals surface area contributed by atoms with Crippen LogP contribution in [0, 0.1) is 0 Å². The molecule has 9 heteroatoms. The maximum absolute atomic E-state index is 13.2. The Morgan fingerprint density at radius 2 is 1.83 bits per heavy atom. The van der Waals surface area contributed by atoms with Gasteiger partial charge in [-0.2, -0.15) is 9.78 Å². The van der Waals surface area contributed by atoms with Gasteiger partial charge in [0.05, 0.1) is 22.1 Å². The first-order chi connectivity index (χ1) is 16.9. The normalized spacial score (nSPS) is 11.5. The molecule has 1 aromatic heterocycles. The summed E-state index contributed by atoms with van der Waals surface area (Å²) in [4.78, 5) is 17.9. The summed E-state index contributed by atoms with van der Waals surface area (Å²) in [6, 6.07) is 16.8. The van der Waals surface area contributed by atoms with Crippen LogP contribution in [-0.2, 0) is 13.0 Å². The number of hydrogen-bond acceptors (Lipinski definition) is 4. The van der Waals surface area contributed by atoms with E-state index in [1.165, 1.54) is 4.68 Å². The third-order valence-electron chi connectivity index (χ3n) is 5.31. The van der Waals surface area contributed by atoms with Crippen LogP contribution in [0.3, 0.4) is 0 Å². The number of benzene rings is 3.